The largest absolute Gasteiger partial charge is 0.311 e. The van der Waals surface area contributed by atoms with Gasteiger partial charge in [0.2, 0.25) is 0 Å². The second-order valence-electron chi connectivity index (χ2n) is 29.1. The van der Waals surface area contributed by atoms with Crippen LogP contribution in [0.4, 0.5) is 34.1 Å². The Hall–Kier alpha value is -5.58. The van der Waals surface area contributed by atoms with Gasteiger partial charge in [0.1, 0.15) is 0 Å². The SMILES string of the molecule is Cc1cc2c3c(c1)N(c1ccc4c(c1)C(C)(C)CCC4(C)C)c1c(sc4cc5c(cc14)C(C)(C)CCC5(C)C)B3c1cc(C(C)(C)C)ccc1N2c1cc2c(cc1-c1ccc3ccccc3c1)C(C)(C)CCC2(C)C. The van der Waals surface area contributed by atoms with E-state index in [1.165, 1.54) is 158 Å². The van der Waals surface area contributed by atoms with E-state index in [0.717, 1.165) is 6.42 Å². The first-order valence-electron chi connectivity index (χ1n) is 28.5. The molecule has 0 atom stereocenters. The number of anilines is 6. The molecular formula is C71H79BN2S. The van der Waals surface area contributed by atoms with Crippen LogP contribution in [0.3, 0.4) is 0 Å². The number of aryl methyl sites for hydroxylation is 1. The minimum absolute atomic E-state index is 0.0185. The number of nitrogens with zero attached hydrogens (tertiary/aromatic N) is 2. The maximum absolute atomic E-state index is 2.77. The van der Waals surface area contributed by atoms with Crippen molar-refractivity contribution >= 4 is 88.7 Å². The van der Waals surface area contributed by atoms with E-state index >= 15 is 0 Å². The average molecular weight is 1000 g/mol. The maximum Gasteiger partial charge on any atom is 0.264 e. The summed E-state index contributed by atoms with van der Waals surface area (Å²) < 4.78 is 2.88. The van der Waals surface area contributed by atoms with E-state index < -0.39 is 0 Å². The second-order valence-corrected chi connectivity index (χ2v) is 30.1. The molecule has 0 radical (unpaired) electrons. The van der Waals surface area contributed by atoms with Crippen LogP contribution in [0.2, 0.25) is 0 Å². The summed E-state index contributed by atoms with van der Waals surface area (Å²) in [4.78, 5) is 5.51. The molecule has 3 heterocycles. The van der Waals surface area contributed by atoms with Crippen molar-refractivity contribution in [2.45, 2.75) is 187 Å². The molecule has 382 valence electrons. The molecule has 0 saturated heterocycles. The summed E-state index contributed by atoms with van der Waals surface area (Å²) in [6.45, 7) is 39.4. The molecule has 0 bridgehead atoms. The number of rotatable bonds is 3. The van der Waals surface area contributed by atoms with Crippen LogP contribution in [-0.2, 0) is 37.9 Å². The summed E-state index contributed by atoms with van der Waals surface area (Å²) in [5.41, 5.74) is 25.3. The monoisotopic (exact) mass is 1000 g/mol. The predicted molar refractivity (Wildman–Crippen MR) is 328 cm³/mol. The van der Waals surface area contributed by atoms with Crippen LogP contribution in [0.25, 0.3) is 32.0 Å². The molecule has 0 fully saturated rings. The topological polar surface area (TPSA) is 6.48 Å². The molecule has 3 aliphatic carbocycles. The van der Waals surface area contributed by atoms with Crippen molar-refractivity contribution in [3.05, 3.63) is 160 Å². The quantitative estimate of drug-likeness (QED) is 0.163. The highest BCUT2D eigenvalue weighted by molar-refractivity contribution is 7.33. The van der Waals surface area contributed by atoms with Crippen molar-refractivity contribution in [2.24, 2.45) is 0 Å². The Bertz CT molecular complexity index is 3750. The van der Waals surface area contributed by atoms with Crippen molar-refractivity contribution in [1.29, 1.82) is 0 Å². The van der Waals surface area contributed by atoms with Crippen molar-refractivity contribution in [2.75, 3.05) is 9.80 Å². The molecule has 0 saturated carbocycles. The first-order valence-corrected chi connectivity index (χ1v) is 29.3. The van der Waals surface area contributed by atoms with Gasteiger partial charge in [0.15, 0.2) is 0 Å². The van der Waals surface area contributed by atoms with Crippen molar-refractivity contribution in [1.82, 2.24) is 0 Å². The Morgan fingerprint density at radius 3 is 1.64 bits per heavy atom. The van der Waals surface area contributed by atoms with Crippen LogP contribution in [0.15, 0.2) is 115 Å². The molecule has 75 heavy (non-hydrogen) atoms. The Morgan fingerprint density at radius 1 is 0.467 bits per heavy atom. The zero-order chi connectivity index (χ0) is 52.9. The summed E-state index contributed by atoms with van der Waals surface area (Å²) >= 11 is 2.08. The second kappa shape index (κ2) is 15.8. The molecule has 7 aromatic carbocycles. The lowest BCUT2D eigenvalue weighted by Gasteiger charge is -2.46. The average Bonchev–Trinajstić information content (AvgIpc) is 3.73. The number of hydrogen-bond donors (Lipinski definition) is 0. The zero-order valence-electron chi connectivity index (χ0n) is 48.1. The van der Waals surface area contributed by atoms with Gasteiger partial charge in [-0.2, -0.15) is 0 Å². The van der Waals surface area contributed by atoms with Crippen molar-refractivity contribution in [3.63, 3.8) is 0 Å². The number of fused-ring (bicyclic) bond motifs is 10. The Balaban J connectivity index is 1.17. The highest BCUT2D eigenvalue weighted by Crippen LogP contribution is 2.57. The summed E-state index contributed by atoms with van der Waals surface area (Å²) in [5, 5.41) is 3.95. The lowest BCUT2D eigenvalue weighted by atomic mass is 9.36. The van der Waals surface area contributed by atoms with Gasteiger partial charge in [-0.15, -0.1) is 11.3 Å². The van der Waals surface area contributed by atoms with Crippen LogP contribution in [0.5, 0.6) is 0 Å². The minimum atomic E-state index is -0.0441. The van der Waals surface area contributed by atoms with Crippen LogP contribution in [0.1, 0.15) is 187 Å². The van der Waals surface area contributed by atoms with E-state index in [-0.39, 0.29) is 44.6 Å². The van der Waals surface area contributed by atoms with Crippen molar-refractivity contribution < 1.29 is 0 Å². The molecule has 0 spiro atoms. The van der Waals surface area contributed by atoms with Crippen LogP contribution >= 0.6 is 11.3 Å². The van der Waals surface area contributed by atoms with E-state index in [4.69, 9.17) is 0 Å². The van der Waals surface area contributed by atoms with E-state index in [2.05, 4.69) is 247 Å². The molecule has 2 aliphatic heterocycles. The summed E-state index contributed by atoms with van der Waals surface area (Å²) in [5.74, 6) is 0. The lowest BCUT2D eigenvalue weighted by Crippen LogP contribution is -2.60. The van der Waals surface area contributed by atoms with Gasteiger partial charge in [-0.05, 0) is 216 Å². The smallest absolute Gasteiger partial charge is 0.264 e. The van der Waals surface area contributed by atoms with E-state index in [9.17, 15) is 0 Å². The van der Waals surface area contributed by atoms with Gasteiger partial charge in [0.05, 0.1) is 11.4 Å². The fourth-order valence-electron chi connectivity index (χ4n) is 14.8. The fraction of sp³-hybridized carbons (Fsp3) is 0.408. The molecule has 0 N–H and O–H groups in total. The van der Waals surface area contributed by atoms with Crippen LogP contribution < -0.4 is 25.5 Å². The van der Waals surface area contributed by atoms with Crippen molar-refractivity contribution in [3.8, 4) is 11.1 Å². The third-order valence-electron chi connectivity index (χ3n) is 20.0. The van der Waals surface area contributed by atoms with Gasteiger partial charge in [0, 0.05) is 43.2 Å². The molecule has 4 heteroatoms. The molecule has 13 rings (SSSR count). The predicted octanol–water partition coefficient (Wildman–Crippen LogP) is 18.5. The molecule has 8 aromatic rings. The minimum Gasteiger partial charge on any atom is -0.311 e. The summed E-state index contributed by atoms with van der Waals surface area (Å²) in [7, 11) is 0. The fourth-order valence-corrected chi connectivity index (χ4v) is 16.1. The first kappa shape index (κ1) is 49.0. The maximum atomic E-state index is 2.77. The summed E-state index contributed by atoms with van der Waals surface area (Å²) in [6.07, 6.45) is 7.09. The number of thiophene rings is 1. The van der Waals surface area contributed by atoms with E-state index in [0.29, 0.717) is 0 Å². The third kappa shape index (κ3) is 7.30. The summed E-state index contributed by atoms with van der Waals surface area (Å²) in [6, 6.07) is 47.0. The number of benzene rings is 7. The molecule has 0 unspecified atom stereocenters. The van der Waals surface area contributed by atoms with Gasteiger partial charge in [-0.25, -0.2) is 0 Å². The molecule has 2 nitrogen and oxygen atoms in total. The van der Waals surface area contributed by atoms with E-state index in [1.54, 1.807) is 0 Å². The third-order valence-corrected chi connectivity index (χ3v) is 21.2. The highest BCUT2D eigenvalue weighted by Gasteiger charge is 2.49. The molecular weight excluding hydrogens is 924 g/mol. The van der Waals surface area contributed by atoms with E-state index in [1.807, 2.05) is 0 Å². The van der Waals surface area contributed by atoms with Crippen LogP contribution in [-0.4, -0.2) is 6.71 Å². The molecule has 0 amide bonds. The molecule has 1 aromatic heterocycles. The Kier molecular flexibility index (Phi) is 10.3. The first-order chi connectivity index (χ1) is 35.2. The van der Waals surface area contributed by atoms with Gasteiger partial charge in [-0.3, -0.25) is 0 Å². The molecule has 5 aliphatic rings. The zero-order valence-corrected chi connectivity index (χ0v) is 48.9. The van der Waals surface area contributed by atoms with Crippen LogP contribution in [0, 0.1) is 6.92 Å². The standard InChI is InChI=1S/C71H79BN2S/c1-42-33-59-62-60(34-42)74(58-40-54-52(68(9,10)29-31-70(54,13)14)38-48(58)45-22-21-43-19-17-18-20-44(43)35-45)57-26-23-46(65(2,3)4)36-56(57)72(62)64-63(49-39-53-55(41-61(49)75-64)71(15,16)32-30-69(53,11)12)73(59)47-24-25-50-51(37-47)67(7,8)28-27-66(50,5)6/h17-26,33-41H,27-32H2,1-16H3. The van der Waals surface area contributed by atoms with Gasteiger partial charge >= 0.3 is 0 Å². The Morgan fingerprint density at radius 2 is 1.01 bits per heavy atom. The van der Waals surface area contributed by atoms with Gasteiger partial charge in [-0.1, -0.05) is 158 Å². The lowest BCUT2D eigenvalue weighted by molar-refractivity contribution is 0.332. The normalized spacial score (nSPS) is 20.0. The van der Waals surface area contributed by atoms with Gasteiger partial charge in [0.25, 0.3) is 6.71 Å². The highest BCUT2D eigenvalue weighted by atomic mass is 32.1. The van der Waals surface area contributed by atoms with Gasteiger partial charge < -0.3 is 9.80 Å². The Labute approximate surface area is 454 Å². The number of hydrogen-bond acceptors (Lipinski definition) is 3.